The summed E-state index contributed by atoms with van der Waals surface area (Å²) in [6.45, 7) is 5.69. The van der Waals surface area contributed by atoms with Crippen molar-refractivity contribution >= 4 is 5.69 Å². The van der Waals surface area contributed by atoms with E-state index < -0.39 is 0 Å². The van der Waals surface area contributed by atoms with Gasteiger partial charge in [0.25, 0.3) is 5.56 Å². The number of aromatic nitrogens is 2. The number of rotatable bonds is 4. The summed E-state index contributed by atoms with van der Waals surface area (Å²) in [5.74, 6) is 0. The first-order valence-electron chi connectivity index (χ1n) is 6.31. The molecule has 0 radical (unpaired) electrons. The second-order valence-corrected chi connectivity index (χ2v) is 4.59. The van der Waals surface area contributed by atoms with Gasteiger partial charge in [-0.25, -0.2) is 5.10 Å². The maximum atomic E-state index is 11.1. The second-order valence-electron chi connectivity index (χ2n) is 4.59. The summed E-state index contributed by atoms with van der Waals surface area (Å²) < 4.78 is 0. The zero-order valence-electron chi connectivity index (χ0n) is 10.3. The Morgan fingerprint density at radius 2 is 2.29 bits per heavy atom. The molecule has 1 fully saturated rings. The van der Waals surface area contributed by atoms with Crippen molar-refractivity contribution in [2.45, 2.75) is 32.2 Å². The van der Waals surface area contributed by atoms with E-state index in [-0.39, 0.29) is 5.56 Å². The SMILES string of the molecule is CCCN1CCC(Nc2cn[nH]c(=O)c2)CC1. The molecule has 2 N–H and O–H groups in total. The molecule has 0 atom stereocenters. The molecule has 5 heteroatoms. The van der Waals surface area contributed by atoms with Gasteiger partial charge in [-0.1, -0.05) is 6.92 Å². The number of hydrogen-bond acceptors (Lipinski definition) is 4. The van der Waals surface area contributed by atoms with E-state index in [0.717, 1.165) is 31.6 Å². The van der Waals surface area contributed by atoms with Crippen LogP contribution in [0.25, 0.3) is 0 Å². The lowest BCUT2D eigenvalue weighted by Gasteiger charge is -2.32. The van der Waals surface area contributed by atoms with Gasteiger partial charge >= 0.3 is 0 Å². The average Bonchev–Trinajstić information content (AvgIpc) is 2.32. The molecular formula is C12H20N4O. The summed E-state index contributed by atoms with van der Waals surface area (Å²) in [6.07, 6.45) is 5.15. The Balaban J connectivity index is 1.84. The van der Waals surface area contributed by atoms with Gasteiger partial charge in [-0.05, 0) is 25.8 Å². The molecule has 1 aliphatic heterocycles. The van der Waals surface area contributed by atoms with Gasteiger partial charge in [0.05, 0.1) is 11.9 Å². The van der Waals surface area contributed by atoms with Gasteiger partial charge in [0.2, 0.25) is 0 Å². The number of H-pyrrole nitrogens is 1. The van der Waals surface area contributed by atoms with E-state index in [1.54, 1.807) is 12.3 Å². The van der Waals surface area contributed by atoms with E-state index in [0.29, 0.717) is 6.04 Å². The first kappa shape index (κ1) is 12.1. The van der Waals surface area contributed by atoms with Gasteiger partial charge in [0.15, 0.2) is 0 Å². The number of nitrogens with zero attached hydrogens (tertiary/aromatic N) is 2. The lowest BCUT2D eigenvalue weighted by Crippen LogP contribution is -2.39. The lowest BCUT2D eigenvalue weighted by atomic mass is 10.0. The van der Waals surface area contributed by atoms with Crippen LogP contribution in [0.3, 0.4) is 0 Å². The van der Waals surface area contributed by atoms with E-state index in [9.17, 15) is 4.79 Å². The Morgan fingerprint density at radius 1 is 1.53 bits per heavy atom. The molecule has 1 aliphatic rings. The van der Waals surface area contributed by atoms with Crippen molar-refractivity contribution in [3.63, 3.8) is 0 Å². The number of aromatic amines is 1. The average molecular weight is 236 g/mol. The molecule has 0 spiro atoms. The van der Waals surface area contributed by atoms with Gasteiger partial charge in [0.1, 0.15) is 0 Å². The fourth-order valence-corrected chi connectivity index (χ4v) is 2.31. The summed E-state index contributed by atoms with van der Waals surface area (Å²) in [7, 11) is 0. The number of anilines is 1. The molecule has 0 bridgehead atoms. The van der Waals surface area contributed by atoms with E-state index in [4.69, 9.17) is 0 Å². The molecule has 0 aromatic carbocycles. The number of likely N-dealkylation sites (tertiary alicyclic amines) is 1. The minimum Gasteiger partial charge on any atom is -0.381 e. The highest BCUT2D eigenvalue weighted by Gasteiger charge is 2.18. The quantitative estimate of drug-likeness (QED) is 0.820. The monoisotopic (exact) mass is 236 g/mol. The Morgan fingerprint density at radius 3 is 2.94 bits per heavy atom. The first-order valence-corrected chi connectivity index (χ1v) is 6.31. The predicted molar refractivity (Wildman–Crippen MR) is 68.2 cm³/mol. The fourth-order valence-electron chi connectivity index (χ4n) is 2.31. The molecule has 0 saturated carbocycles. The van der Waals surface area contributed by atoms with Crippen molar-refractivity contribution < 1.29 is 0 Å². The predicted octanol–water partition coefficient (Wildman–Crippen LogP) is 1.06. The third-order valence-corrected chi connectivity index (χ3v) is 3.16. The Bertz CT molecular complexity index is 395. The summed E-state index contributed by atoms with van der Waals surface area (Å²) >= 11 is 0. The van der Waals surface area contributed by atoms with Crippen molar-refractivity contribution in [2.75, 3.05) is 25.0 Å². The van der Waals surface area contributed by atoms with Crippen LogP contribution >= 0.6 is 0 Å². The van der Waals surface area contributed by atoms with Crippen molar-refractivity contribution in [1.82, 2.24) is 15.1 Å². The Kier molecular flexibility index (Phi) is 4.14. The molecule has 0 unspecified atom stereocenters. The molecule has 17 heavy (non-hydrogen) atoms. The smallest absolute Gasteiger partial charge is 0.266 e. The molecule has 2 rings (SSSR count). The van der Waals surface area contributed by atoms with E-state index >= 15 is 0 Å². The summed E-state index contributed by atoms with van der Waals surface area (Å²) in [6, 6.07) is 2.03. The maximum Gasteiger partial charge on any atom is 0.266 e. The van der Waals surface area contributed by atoms with Crippen LogP contribution < -0.4 is 10.9 Å². The Hall–Kier alpha value is -1.36. The molecule has 5 nitrogen and oxygen atoms in total. The summed E-state index contributed by atoms with van der Waals surface area (Å²) in [5, 5.41) is 9.54. The Labute approximate surface area is 101 Å². The molecule has 0 aliphatic carbocycles. The standard InChI is InChI=1S/C12H20N4O/c1-2-5-16-6-3-10(4-7-16)14-11-8-12(17)15-13-9-11/h8-10H,2-7H2,1H3,(H2,14,15,17). The van der Waals surface area contributed by atoms with E-state index in [1.807, 2.05) is 0 Å². The first-order chi connectivity index (χ1) is 8.28. The summed E-state index contributed by atoms with van der Waals surface area (Å²) in [5.41, 5.74) is 0.668. The molecule has 94 valence electrons. The van der Waals surface area contributed by atoms with Crippen LogP contribution in [0.2, 0.25) is 0 Å². The highest BCUT2D eigenvalue weighted by atomic mass is 16.1. The normalized spacial score (nSPS) is 18.2. The fraction of sp³-hybridized carbons (Fsp3) is 0.667. The molecule has 1 aromatic heterocycles. The van der Waals surface area contributed by atoms with Gasteiger partial charge < -0.3 is 10.2 Å². The van der Waals surface area contributed by atoms with Crippen molar-refractivity contribution in [3.05, 3.63) is 22.6 Å². The topological polar surface area (TPSA) is 61.0 Å². The van der Waals surface area contributed by atoms with Gasteiger partial charge in [-0.2, -0.15) is 5.10 Å². The van der Waals surface area contributed by atoms with Gasteiger partial charge in [0, 0.05) is 25.2 Å². The second kappa shape index (κ2) is 5.82. The number of hydrogen-bond donors (Lipinski definition) is 2. The minimum atomic E-state index is -0.154. The van der Waals surface area contributed by atoms with E-state index in [2.05, 4.69) is 27.3 Å². The molecular weight excluding hydrogens is 216 g/mol. The van der Waals surface area contributed by atoms with Gasteiger partial charge in [-0.15, -0.1) is 0 Å². The van der Waals surface area contributed by atoms with Gasteiger partial charge in [-0.3, -0.25) is 4.79 Å². The lowest BCUT2D eigenvalue weighted by molar-refractivity contribution is 0.219. The molecule has 0 amide bonds. The number of piperidine rings is 1. The van der Waals surface area contributed by atoms with Crippen molar-refractivity contribution in [1.29, 1.82) is 0 Å². The minimum absolute atomic E-state index is 0.154. The number of nitrogens with one attached hydrogen (secondary N) is 2. The van der Waals surface area contributed by atoms with Crippen LogP contribution in [0.4, 0.5) is 5.69 Å². The highest BCUT2D eigenvalue weighted by molar-refractivity contribution is 5.39. The van der Waals surface area contributed by atoms with Crippen molar-refractivity contribution in [3.8, 4) is 0 Å². The molecule has 1 aromatic rings. The molecule has 2 heterocycles. The van der Waals surface area contributed by atoms with Crippen LogP contribution in [0.1, 0.15) is 26.2 Å². The van der Waals surface area contributed by atoms with Crippen LogP contribution in [-0.4, -0.2) is 40.8 Å². The maximum absolute atomic E-state index is 11.1. The summed E-state index contributed by atoms with van der Waals surface area (Å²) in [4.78, 5) is 13.6. The third-order valence-electron chi connectivity index (χ3n) is 3.16. The largest absolute Gasteiger partial charge is 0.381 e. The van der Waals surface area contributed by atoms with Crippen LogP contribution in [0, 0.1) is 0 Å². The third kappa shape index (κ3) is 3.56. The zero-order chi connectivity index (χ0) is 12.1. The zero-order valence-corrected chi connectivity index (χ0v) is 10.3. The van der Waals surface area contributed by atoms with Crippen LogP contribution in [0.15, 0.2) is 17.1 Å². The van der Waals surface area contributed by atoms with Crippen LogP contribution in [-0.2, 0) is 0 Å². The highest BCUT2D eigenvalue weighted by Crippen LogP contribution is 2.14. The van der Waals surface area contributed by atoms with E-state index in [1.165, 1.54) is 13.0 Å². The van der Waals surface area contributed by atoms with Crippen LogP contribution in [0.5, 0.6) is 0 Å². The van der Waals surface area contributed by atoms with Crippen molar-refractivity contribution in [2.24, 2.45) is 0 Å². The molecule has 1 saturated heterocycles.